The van der Waals surface area contributed by atoms with Gasteiger partial charge >= 0.3 is 6.18 Å². The number of para-hydroxylation sites is 1. The van der Waals surface area contributed by atoms with E-state index in [1.165, 1.54) is 18.2 Å². The van der Waals surface area contributed by atoms with Crippen LogP contribution < -0.4 is 10.7 Å². The molecular weight excluding hydrogens is 443 g/mol. The normalized spacial score (nSPS) is 13.6. The third kappa shape index (κ3) is 4.43. The number of anilines is 1. The number of aliphatic hydroxyl groups is 1. The van der Waals surface area contributed by atoms with Crippen LogP contribution in [0.4, 0.5) is 18.9 Å². The van der Waals surface area contributed by atoms with Crippen LogP contribution in [0, 0.1) is 13.8 Å². The minimum Gasteiger partial charge on any atom is -0.455 e. The summed E-state index contributed by atoms with van der Waals surface area (Å²) in [5, 5.41) is 13.3. The average molecular weight is 467 g/mol. The van der Waals surface area contributed by atoms with Crippen LogP contribution in [0.2, 0.25) is 0 Å². The van der Waals surface area contributed by atoms with Crippen LogP contribution in [-0.2, 0) is 0 Å². The van der Waals surface area contributed by atoms with Gasteiger partial charge in [-0.15, -0.1) is 0 Å². The molecule has 0 amide bonds. The summed E-state index contributed by atoms with van der Waals surface area (Å²) in [7, 11) is 0. The van der Waals surface area contributed by atoms with Gasteiger partial charge in [0.2, 0.25) is 0 Å². The number of nitrogens with one attached hydrogen (secondary N) is 1. The average Bonchev–Trinajstić information content (AvgIpc) is 2.81. The molecule has 0 spiro atoms. The van der Waals surface area contributed by atoms with Gasteiger partial charge in [-0.05, 0) is 38.5 Å². The Morgan fingerprint density at radius 2 is 1.59 bits per heavy atom. The Hall–Kier alpha value is -3.58. The number of benzene rings is 3. The van der Waals surface area contributed by atoms with Gasteiger partial charge in [0.25, 0.3) is 0 Å². The fourth-order valence-corrected chi connectivity index (χ4v) is 4.11. The molecular formula is C27H24F3NO3. The second-order valence-corrected chi connectivity index (χ2v) is 8.38. The smallest absolute Gasteiger partial charge is 0.418 e. The molecule has 0 aliphatic carbocycles. The van der Waals surface area contributed by atoms with Gasteiger partial charge in [-0.1, -0.05) is 54.6 Å². The Labute approximate surface area is 194 Å². The first-order valence-electron chi connectivity index (χ1n) is 10.8. The van der Waals surface area contributed by atoms with E-state index in [1.807, 2.05) is 43.3 Å². The third-order valence-corrected chi connectivity index (χ3v) is 5.83. The first kappa shape index (κ1) is 23.6. The van der Waals surface area contributed by atoms with Gasteiger partial charge in [-0.3, -0.25) is 4.79 Å². The van der Waals surface area contributed by atoms with Crippen molar-refractivity contribution in [2.75, 3.05) is 5.32 Å². The highest BCUT2D eigenvalue weighted by Crippen LogP contribution is 2.38. The molecule has 0 aliphatic rings. The van der Waals surface area contributed by atoms with Crippen molar-refractivity contribution in [3.63, 3.8) is 0 Å². The second kappa shape index (κ2) is 8.99. The molecule has 7 heteroatoms. The summed E-state index contributed by atoms with van der Waals surface area (Å²) >= 11 is 0. The zero-order valence-corrected chi connectivity index (χ0v) is 18.9. The van der Waals surface area contributed by atoms with E-state index >= 15 is 0 Å². The molecule has 0 bridgehead atoms. The monoisotopic (exact) mass is 467 g/mol. The molecule has 0 aliphatic heterocycles. The van der Waals surface area contributed by atoms with E-state index in [9.17, 15) is 23.1 Å². The maximum absolute atomic E-state index is 13.2. The summed E-state index contributed by atoms with van der Waals surface area (Å²) in [4.78, 5) is 13.2. The van der Waals surface area contributed by atoms with E-state index in [2.05, 4.69) is 5.32 Å². The molecule has 176 valence electrons. The minimum absolute atomic E-state index is 0.146. The van der Waals surface area contributed by atoms with Gasteiger partial charge in [0.15, 0.2) is 11.5 Å². The quantitative estimate of drug-likeness (QED) is 0.337. The number of aliphatic hydroxyl groups excluding tert-OH is 1. The second-order valence-electron chi connectivity index (χ2n) is 8.38. The summed E-state index contributed by atoms with van der Waals surface area (Å²) in [5.41, 5.74) is 2.76. The number of hydrogen-bond donors (Lipinski definition) is 2. The third-order valence-electron chi connectivity index (χ3n) is 5.83. The van der Waals surface area contributed by atoms with E-state index in [4.69, 9.17) is 4.42 Å². The highest BCUT2D eigenvalue weighted by atomic mass is 19.4. The van der Waals surface area contributed by atoms with Gasteiger partial charge in [0, 0.05) is 27.9 Å². The SMILES string of the molecule is Cc1cc([C@@H](C)Nc2ccccc2C(O)C(F)(F)F)c2oc(-c3ccccc3)c(C)c(=O)c2c1. The van der Waals surface area contributed by atoms with Gasteiger partial charge in [-0.2, -0.15) is 13.2 Å². The Morgan fingerprint density at radius 1 is 0.941 bits per heavy atom. The number of rotatable bonds is 5. The zero-order chi connectivity index (χ0) is 24.6. The standard InChI is InChI=1S/C27H24F3NO3/c1-15-13-20(17(3)31-22-12-8-7-11-19(22)26(33)27(28,29)30)25-21(14-15)23(32)16(2)24(34-25)18-9-5-4-6-10-18/h4-14,17,26,31,33H,1-3H3/t17-,26?/m1/s1. The highest BCUT2D eigenvalue weighted by molar-refractivity contribution is 5.84. The topological polar surface area (TPSA) is 62.5 Å². The Bertz CT molecular complexity index is 1390. The molecule has 1 heterocycles. The maximum atomic E-state index is 13.2. The van der Waals surface area contributed by atoms with Crippen molar-refractivity contribution in [2.24, 2.45) is 0 Å². The number of alkyl halides is 3. The number of halogens is 3. The zero-order valence-electron chi connectivity index (χ0n) is 18.9. The predicted octanol–water partition coefficient (Wildman–Crippen LogP) is 6.85. The van der Waals surface area contributed by atoms with E-state index < -0.39 is 18.3 Å². The van der Waals surface area contributed by atoms with Crippen LogP contribution in [0.1, 0.15) is 41.3 Å². The van der Waals surface area contributed by atoms with Crippen LogP contribution in [0.5, 0.6) is 0 Å². The number of hydrogen-bond acceptors (Lipinski definition) is 4. The Kier molecular flexibility index (Phi) is 6.23. The molecule has 4 nitrogen and oxygen atoms in total. The highest BCUT2D eigenvalue weighted by Gasteiger charge is 2.40. The molecule has 2 N–H and O–H groups in total. The van der Waals surface area contributed by atoms with Crippen LogP contribution in [0.3, 0.4) is 0 Å². The van der Waals surface area contributed by atoms with Crippen molar-refractivity contribution < 1.29 is 22.7 Å². The Balaban J connectivity index is 1.84. The molecule has 2 atom stereocenters. The van der Waals surface area contributed by atoms with E-state index in [0.717, 1.165) is 11.1 Å². The minimum atomic E-state index is -4.80. The van der Waals surface area contributed by atoms with Gasteiger partial charge < -0.3 is 14.8 Å². The van der Waals surface area contributed by atoms with Crippen LogP contribution >= 0.6 is 0 Å². The van der Waals surface area contributed by atoms with Crippen molar-refractivity contribution in [3.8, 4) is 11.3 Å². The van der Waals surface area contributed by atoms with E-state index in [-0.39, 0.29) is 16.7 Å². The molecule has 0 fully saturated rings. The molecule has 1 aromatic heterocycles. The molecule has 0 saturated heterocycles. The molecule has 0 saturated carbocycles. The fraction of sp³-hybridized carbons (Fsp3) is 0.222. The molecule has 4 aromatic rings. The first-order valence-corrected chi connectivity index (χ1v) is 10.8. The van der Waals surface area contributed by atoms with Crippen molar-refractivity contribution in [2.45, 2.75) is 39.1 Å². The lowest BCUT2D eigenvalue weighted by atomic mass is 9.98. The van der Waals surface area contributed by atoms with E-state index in [0.29, 0.717) is 27.9 Å². The van der Waals surface area contributed by atoms with Crippen LogP contribution in [0.15, 0.2) is 75.9 Å². The molecule has 0 radical (unpaired) electrons. The van der Waals surface area contributed by atoms with Crippen LogP contribution in [-0.4, -0.2) is 11.3 Å². The fourth-order valence-electron chi connectivity index (χ4n) is 4.11. The number of aryl methyl sites for hydroxylation is 1. The molecule has 3 aromatic carbocycles. The van der Waals surface area contributed by atoms with Crippen molar-refractivity contribution in [1.29, 1.82) is 0 Å². The first-order chi connectivity index (χ1) is 16.1. The van der Waals surface area contributed by atoms with Gasteiger partial charge in [0.05, 0.1) is 11.4 Å². The summed E-state index contributed by atoms with van der Waals surface area (Å²) in [5.74, 6) is 0.447. The van der Waals surface area contributed by atoms with Crippen molar-refractivity contribution in [3.05, 3.63) is 99.2 Å². The summed E-state index contributed by atoms with van der Waals surface area (Å²) < 4.78 is 45.9. The Morgan fingerprint density at radius 3 is 2.26 bits per heavy atom. The van der Waals surface area contributed by atoms with Gasteiger partial charge in [0.1, 0.15) is 11.3 Å². The largest absolute Gasteiger partial charge is 0.455 e. The lowest BCUT2D eigenvalue weighted by molar-refractivity contribution is -0.206. The van der Waals surface area contributed by atoms with E-state index in [1.54, 1.807) is 26.0 Å². The van der Waals surface area contributed by atoms with Crippen molar-refractivity contribution >= 4 is 16.7 Å². The summed E-state index contributed by atoms with van der Waals surface area (Å²) in [6.07, 6.45) is -7.42. The molecule has 4 rings (SSSR count). The van der Waals surface area contributed by atoms with Gasteiger partial charge in [-0.25, -0.2) is 0 Å². The lowest BCUT2D eigenvalue weighted by Crippen LogP contribution is -2.22. The molecule has 34 heavy (non-hydrogen) atoms. The van der Waals surface area contributed by atoms with Crippen LogP contribution in [0.25, 0.3) is 22.3 Å². The summed E-state index contributed by atoms with van der Waals surface area (Å²) in [6, 6.07) is 18.1. The lowest BCUT2D eigenvalue weighted by Gasteiger charge is -2.23. The van der Waals surface area contributed by atoms with Crippen molar-refractivity contribution in [1.82, 2.24) is 0 Å². The maximum Gasteiger partial charge on any atom is 0.418 e. The predicted molar refractivity (Wildman–Crippen MR) is 127 cm³/mol. The number of fused-ring (bicyclic) bond motifs is 1. The summed E-state index contributed by atoms with van der Waals surface area (Å²) in [6.45, 7) is 5.33. The molecule has 1 unspecified atom stereocenters.